The normalized spacial score (nSPS) is 21.6. The predicted octanol–water partition coefficient (Wildman–Crippen LogP) is 2.19. The van der Waals surface area contributed by atoms with Crippen molar-refractivity contribution in [3.63, 3.8) is 0 Å². The maximum Gasteiger partial charge on any atom is 0.337 e. The second-order valence-electron chi connectivity index (χ2n) is 5.44. The number of piperidine rings is 1. The number of rotatable bonds is 4. The first kappa shape index (κ1) is 15.5. The van der Waals surface area contributed by atoms with Crippen LogP contribution in [-0.4, -0.2) is 32.1 Å². The van der Waals surface area contributed by atoms with E-state index in [1.807, 2.05) is 6.92 Å². The van der Waals surface area contributed by atoms with Crippen molar-refractivity contribution in [2.24, 2.45) is 5.41 Å². The van der Waals surface area contributed by atoms with Crippen LogP contribution in [0.1, 0.15) is 36.5 Å². The first-order chi connectivity index (χ1) is 10.1. The minimum atomic E-state index is -0.407. The molecule has 1 atom stereocenters. The third kappa shape index (κ3) is 3.42. The molecule has 5 heteroatoms. The lowest BCUT2D eigenvalue weighted by Gasteiger charge is -2.35. The highest BCUT2D eigenvalue weighted by Gasteiger charge is 2.37. The average Bonchev–Trinajstić information content (AvgIpc) is 2.54. The van der Waals surface area contributed by atoms with Gasteiger partial charge in [-0.05, 0) is 44.0 Å². The average molecular weight is 290 g/mol. The zero-order chi connectivity index (χ0) is 15.3. The second kappa shape index (κ2) is 6.72. The molecule has 0 aliphatic carbocycles. The van der Waals surface area contributed by atoms with Gasteiger partial charge in [0.05, 0.1) is 18.1 Å². The van der Waals surface area contributed by atoms with Crippen LogP contribution < -0.4 is 10.6 Å². The Morgan fingerprint density at radius 2 is 2.24 bits per heavy atom. The molecule has 0 bridgehead atoms. The number of amides is 1. The molecule has 1 fully saturated rings. The molecule has 1 amide bonds. The zero-order valence-corrected chi connectivity index (χ0v) is 12.6. The van der Waals surface area contributed by atoms with Gasteiger partial charge in [0.2, 0.25) is 5.91 Å². The molecule has 1 unspecified atom stereocenters. The van der Waals surface area contributed by atoms with Gasteiger partial charge in [-0.25, -0.2) is 4.79 Å². The highest BCUT2D eigenvalue weighted by molar-refractivity contribution is 5.97. The van der Waals surface area contributed by atoms with Gasteiger partial charge in [0.15, 0.2) is 0 Å². The Balaban J connectivity index is 2.13. The van der Waals surface area contributed by atoms with E-state index in [-0.39, 0.29) is 11.3 Å². The predicted molar refractivity (Wildman–Crippen MR) is 81.2 cm³/mol. The topological polar surface area (TPSA) is 67.4 Å². The van der Waals surface area contributed by atoms with Crippen LogP contribution in [0.5, 0.6) is 0 Å². The molecule has 1 saturated heterocycles. The molecule has 0 spiro atoms. The fourth-order valence-corrected chi connectivity index (χ4v) is 2.73. The lowest BCUT2D eigenvalue weighted by atomic mass is 9.77. The number of hydrogen-bond donors (Lipinski definition) is 2. The highest BCUT2D eigenvalue weighted by atomic mass is 16.5. The van der Waals surface area contributed by atoms with Crippen molar-refractivity contribution < 1.29 is 14.3 Å². The molecule has 0 aromatic heterocycles. The van der Waals surface area contributed by atoms with Crippen LogP contribution in [0.15, 0.2) is 24.3 Å². The van der Waals surface area contributed by atoms with Crippen molar-refractivity contribution >= 4 is 17.6 Å². The van der Waals surface area contributed by atoms with Crippen molar-refractivity contribution in [3.05, 3.63) is 29.8 Å². The Morgan fingerprint density at radius 3 is 2.86 bits per heavy atom. The van der Waals surface area contributed by atoms with Gasteiger partial charge in [-0.3, -0.25) is 4.79 Å². The van der Waals surface area contributed by atoms with E-state index in [2.05, 4.69) is 10.6 Å². The van der Waals surface area contributed by atoms with E-state index in [9.17, 15) is 9.59 Å². The van der Waals surface area contributed by atoms with Gasteiger partial charge in [-0.1, -0.05) is 13.0 Å². The Hall–Kier alpha value is -1.88. The van der Waals surface area contributed by atoms with E-state index in [1.54, 1.807) is 24.3 Å². The molecular formula is C16H22N2O3. The molecule has 1 aromatic rings. The molecule has 1 heterocycles. The fraction of sp³-hybridized carbons (Fsp3) is 0.500. The lowest BCUT2D eigenvalue weighted by Crippen LogP contribution is -2.47. The molecular weight excluding hydrogens is 268 g/mol. The third-order valence-electron chi connectivity index (χ3n) is 4.17. The molecule has 1 aliphatic rings. The number of anilines is 1. The quantitative estimate of drug-likeness (QED) is 0.834. The number of esters is 1. The van der Waals surface area contributed by atoms with Crippen LogP contribution in [0.2, 0.25) is 0 Å². The van der Waals surface area contributed by atoms with Crippen LogP contribution in [0.3, 0.4) is 0 Å². The lowest BCUT2D eigenvalue weighted by molar-refractivity contribution is -0.126. The van der Waals surface area contributed by atoms with Crippen LogP contribution in [0, 0.1) is 5.41 Å². The molecule has 2 N–H and O–H groups in total. The maximum atomic E-state index is 12.6. The van der Waals surface area contributed by atoms with Crippen LogP contribution in [0.4, 0.5) is 5.69 Å². The van der Waals surface area contributed by atoms with E-state index >= 15 is 0 Å². The summed E-state index contributed by atoms with van der Waals surface area (Å²) in [6.45, 7) is 3.70. The monoisotopic (exact) mass is 290 g/mol. The molecule has 1 aliphatic heterocycles. The summed E-state index contributed by atoms with van der Waals surface area (Å²) in [5, 5.41) is 6.23. The zero-order valence-electron chi connectivity index (χ0n) is 12.6. The molecule has 5 nitrogen and oxygen atoms in total. The Kier molecular flexibility index (Phi) is 4.96. The summed E-state index contributed by atoms with van der Waals surface area (Å²) in [6, 6.07) is 6.83. The highest BCUT2D eigenvalue weighted by Crippen LogP contribution is 2.31. The van der Waals surface area contributed by atoms with Gasteiger partial charge in [0.25, 0.3) is 0 Å². The fourth-order valence-electron chi connectivity index (χ4n) is 2.73. The summed E-state index contributed by atoms with van der Waals surface area (Å²) in [7, 11) is 1.34. The van der Waals surface area contributed by atoms with E-state index in [0.29, 0.717) is 17.8 Å². The third-order valence-corrected chi connectivity index (χ3v) is 4.17. The maximum absolute atomic E-state index is 12.6. The Bertz CT molecular complexity index is 522. The SMILES string of the molecule is CCC1(C(=O)Nc2cccc(C(=O)OC)c2)CCCNC1. The van der Waals surface area contributed by atoms with Crippen molar-refractivity contribution in [3.8, 4) is 0 Å². The summed E-state index contributed by atoms with van der Waals surface area (Å²) in [5.74, 6) is -0.394. The van der Waals surface area contributed by atoms with Crippen molar-refractivity contribution in [1.82, 2.24) is 5.32 Å². The van der Waals surface area contributed by atoms with E-state index in [0.717, 1.165) is 25.8 Å². The Morgan fingerprint density at radius 1 is 1.43 bits per heavy atom. The summed E-state index contributed by atoms with van der Waals surface area (Å²) >= 11 is 0. The second-order valence-corrected chi connectivity index (χ2v) is 5.44. The van der Waals surface area contributed by atoms with Crippen molar-refractivity contribution in [2.75, 3.05) is 25.5 Å². The van der Waals surface area contributed by atoms with Gasteiger partial charge in [-0.2, -0.15) is 0 Å². The van der Waals surface area contributed by atoms with Crippen molar-refractivity contribution in [1.29, 1.82) is 0 Å². The Labute approximate surface area is 125 Å². The number of benzene rings is 1. The number of methoxy groups -OCH3 is 1. The first-order valence-electron chi connectivity index (χ1n) is 7.32. The molecule has 114 valence electrons. The summed E-state index contributed by atoms with van der Waals surface area (Å²) < 4.78 is 4.69. The number of nitrogens with one attached hydrogen (secondary N) is 2. The largest absolute Gasteiger partial charge is 0.465 e. The van der Waals surface area contributed by atoms with Gasteiger partial charge in [0, 0.05) is 12.2 Å². The van der Waals surface area contributed by atoms with E-state index in [4.69, 9.17) is 4.74 Å². The van der Waals surface area contributed by atoms with E-state index < -0.39 is 5.97 Å². The molecule has 2 rings (SSSR count). The number of hydrogen-bond acceptors (Lipinski definition) is 4. The van der Waals surface area contributed by atoms with Gasteiger partial charge >= 0.3 is 5.97 Å². The minimum absolute atomic E-state index is 0.0132. The van der Waals surface area contributed by atoms with Crippen molar-refractivity contribution in [2.45, 2.75) is 26.2 Å². The molecule has 1 aromatic carbocycles. The summed E-state index contributed by atoms with van der Waals surface area (Å²) in [5.41, 5.74) is 0.698. The van der Waals surface area contributed by atoms with Gasteiger partial charge in [-0.15, -0.1) is 0 Å². The molecule has 0 saturated carbocycles. The van der Waals surface area contributed by atoms with E-state index in [1.165, 1.54) is 7.11 Å². The smallest absolute Gasteiger partial charge is 0.337 e. The number of ether oxygens (including phenoxy) is 1. The first-order valence-corrected chi connectivity index (χ1v) is 7.32. The van der Waals surface area contributed by atoms with Crippen LogP contribution >= 0.6 is 0 Å². The number of carbonyl (C=O) groups excluding carboxylic acids is 2. The molecule has 0 radical (unpaired) electrons. The standard InChI is InChI=1S/C16H22N2O3/c1-3-16(8-5-9-17-11-16)15(20)18-13-7-4-6-12(10-13)14(19)21-2/h4,6-7,10,17H,3,5,8-9,11H2,1-2H3,(H,18,20). The summed E-state index contributed by atoms with van der Waals surface area (Å²) in [4.78, 5) is 24.1. The molecule has 21 heavy (non-hydrogen) atoms. The van der Waals surface area contributed by atoms with Crippen LogP contribution in [0.25, 0.3) is 0 Å². The van der Waals surface area contributed by atoms with Gasteiger partial charge in [0.1, 0.15) is 0 Å². The minimum Gasteiger partial charge on any atom is -0.465 e. The summed E-state index contributed by atoms with van der Waals surface area (Å²) in [6.07, 6.45) is 2.69. The number of carbonyl (C=O) groups is 2. The van der Waals surface area contributed by atoms with Crippen LogP contribution in [-0.2, 0) is 9.53 Å². The van der Waals surface area contributed by atoms with Gasteiger partial charge < -0.3 is 15.4 Å².